The Morgan fingerprint density at radius 1 is 1.14 bits per heavy atom. The van der Waals surface area contributed by atoms with Gasteiger partial charge in [0.15, 0.2) is 0 Å². The number of primary amides is 1. The van der Waals surface area contributed by atoms with Crippen LogP contribution in [0.15, 0.2) is 36.4 Å². The minimum Gasteiger partial charge on any atom is -0.381 e. The predicted octanol–water partition coefficient (Wildman–Crippen LogP) is 4.93. The second-order valence-electron chi connectivity index (χ2n) is 6.84. The first kappa shape index (κ1) is 21.0. The normalized spacial score (nSPS) is 12.8. The number of alkyl halides is 3. The van der Waals surface area contributed by atoms with Gasteiger partial charge in [-0.2, -0.15) is 13.2 Å². The Morgan fingerprint density at radius 3 is 2.31 bits per heavy atom. The number of aliphatic hydroxyl groups excluding tert-OH is 1. The third kappa shape index (κ3) is 4.18. The van der Waals surface area contributed by atoms with Gasteiger partial charge in [0, 0.05) is 5.56 Å². The number of benzene rings is 2. The Hall–Kier alpha value is -2.71. The van der Waals surface area contributed by atoms with E-state index in [-0.39, 0.29) is 5.56 Å². The fraction of sp³-hybridized carbons (Fsp3) is 0.238. The Balaban J connectivity index is 2.00. The highest BCUT2D eigenvalue weighted by Gasteiger charge is 2.31. The van der Waals surface area contributed by atoms with Crippen molar-refractivity contribution in [2.24, 2.45) is 5.73 Å². The molecule has 1 amide bonds. The molecule has 3 N–H and O–H groups in total. The summed E-state index contributed by atoms with van der Waals surface area (Å²) in [5, 5.41) is 10.9. The number of aryl methyl sites for hydroxylation is 3. The molecule has 1 unspecified atom stereocenters. The molecule has 0 spiro atoms. The van der Waals surface area contributed by atoms with E-state index in [1.165, 1.54) is 23.5 Å². The molecule has 1 aromatic heterocycles. The van der Waals surface area contributed by atoms with E-state index in [4.69, 9.17) is 5.73 Å². The minimum atomic E-state index is -4.49. The molecule has 0 aliphatic carbocycles. The van der Waals surface area contributed by atoms with Crippen molar-refractivity contribution in [3.8, 4) is 10.4 Å². The topological polar surface area (TPSA) is 76.2 Å². The molecule has 0 aliphatic heterocycles. The summed E-state index contributed by atoms with van der Waals surface area (Å²) in [5.74, 6) is -0.506. The van der Waals surface area contributed by atoms with Gasteiger partial charge in [0.1, 0.15) is 11.1 Å². The molecule has 0 saturated carbocycles. The fourth-order valence-corrected chi connectivity index (χ4v) is 4.38. The molecule has 1 heterocycles. The Kier molecular flexibility index (Phi) is 5.51. The highest BCUT2D eigenvalue weighted by molar-refractivity contribution is 7.15. The van der Waals surface area contributed by atoms with Crippen LogP contribution in [0.1, 0.15) is 49.4 Å². The number of hydrogen-bond acceptors (Lipinski definition) is 4. The van der Waals surface area contributed by atoms with Crippen LogP contribution in [0.2, 0.25) is 0 Å². The van der Waals surface area contributed by atoms with E-state index in [9.17, 15) is 23.1 Å². The molecule has 4 nitrogen and oxygen atoms in total. The van der Waals surface area contributed by atoms with Crippen molar-refractivity contribution in [2.75, 3.05) is 0 Å². The van der Waals surface area contributed by atoms with Gasteiger partial charge in [0.2, 0.25) is 5.91 Å². The number of nitrogens with zero attached hydrogens (tertiary/aromatic N) is 1. The van der Waals surface area contributed by atoms with Gasteiger partial charge in [0.05, 0.1) is 16.1 Å². The lowest BCUT2D eigenvalue weighted by atomic mass is 9.98. The van der Waals surface area contributed by atoms with Crippen molar-refractivity contribution < 1.29 is 23.1 Å². The Bertz CT molecular complexity index is 1070. The number of thiazole rings is 1. The van der Waals surface area contributed by atoms with E-state index in [1.807, 2.05) is 12.1 Å². The summed E-state index contributed by atoms with van der Waals surface area (Å²) in [5.41, 5.74) is 8.07. The molecule has 1 atom stereocenters. The maximum atomic E-state index is 13.0. The third-order valence-electron chi connectivity index (χ3n) is 4.62. The molecule has 0 radical (unpaired) electrons. The first-order chi connectivity index (χ1) is 13.5. The number of carbonyl (C=O) groups is 1. The zero-order chi connectivity index (χ0) is 21.5. The second kappa shape index (κ2) is 7.61. The van der Waals surface area contributed by atoms with E-state index in [2.05, 4.69) is 4.98 Å². The zero-order valence-electron chi connectivity index (χ0n) is 16.0. The largest absolute Gasteiger partial charge is 0.416 e. The van der Waals surface area contributed by atoms with E-state index >= 15 is 0 Å². The third-order valence-corrected chi connectivity index (χ3v) is 5.88. The predicted molar refractivity (Wildman–Crippen MR) is 106 cm³/mol. The molecule has 0 aliphatic rings. The minimum absolute atomic E-state index is 0.122. The van der Waals surface area contributed by atoms with Crippen molar-refractivity contribution in [1.82, 2.24) is 4.98 Å². The molecule has 0 fully saturated rings. The fourth-order valence-electron chi connectivity index (χ4n) is 3.31. The number of carbonyl (C=O) groups excluding carboxylic acids is 1. The van der Waals surface area contributed by atoms with Crippen LogP contribution in [0.4, 0.5) is 13.2 Å². The molecular weight excluding hydrogens is 401 g/mol. The number of hydrogen-bond donors (Lipinski definition) is 2. The van der Waals surface area contributed by atoms with Gasteiger partial charge in [0.25, 0.3) is 0 Å². The Labute approximate surface area is 169 Å². The molecule has 8 heteroatoms. The lowest BCUT2D eigenvalue weighted by molar-refractivity contribution is -0.137. The standard InChI is InChI=1S/C21H19F3N2O2S/c1-10-7-14(8-11(2)16(10)19(25)28)18-12(3)26-20(29-18)17(27)13-5-4-6-15(9-13)21(22,23)24/h4-9,17,27H,1-3H3,(H2,25,28). The quantitative estimate of drug-likeness (QED) is 0.628. The maximum Gasteiger partial charge on any atom is 0.416 e. The van der Waals surface area contributed by atoms with Crippen LogP contribution in [0, 0.1) is 20.8 Å². The lowest BCUT2D eigenvalue weighted by Crippen LogP contribution is -2.14. The van der Waals surface area contributed by atoms with Crippen molar-refractivity contribution in [3.05, 3.63) is 74.9 Å². The first-order valence-electron chi connectivity index (χ1n) is 8.73. The first-order valence-corrected chi connectivity index (χ1v) is 9.54. The van der Waals surface area contributed by atoms with E-state index in [0.29, 0.717) is 16.3 Å². The van der Waals surface area contributed by atoms with Gasteiger partial charge in [-0.05, 0) is 67.3 Å². The van der Waals surface area contributed by atoms with E-state index in [0.717, 1.165) is 33.7 Å². The molecule has 3 rings (SSSR count). The smallest absolute Gasteiger partial charge is 0.381 e. The van der Waals surface area contributed by atoms with Crippen molar-refractivity contribution in [3.63, 3.8) is 0 Å². The number of halogens is 3. The van der Waals surface area contributed by atoms with E-state index in [1.54, 1.807) is 20.8 Å². The lowest BCUT2D eigenvalue weighted by Gasteiger charge is -2.12. The highest BCUT2D eigenvalue weighted by atomic mass is 32.1. The van der Waals surface area contributed by atoms with Crippen LogP contribution < -0.4 is 5.73 Å². The average Bonchev–Trinajstić information content (AvgIpc) is 3.01. The molecule has 29 heavy (non-hydrogen) atoms. The summed E-state index contributed by atoms with van der Waals surface area (Å²) < 4.78 is 38.9. The molecular formula is C21H19F3N2O2S. The van der Waals surface area contributed by atoms with Crippen molar-refractivity contribution in [2.45, 2.75) is 33.1 Å². The van der Waals surface area contributed by atoms with Gasteiger partial charge in [-0.15, -0.1) is 11.3 Å². The van der Waals surface area contributed by atoms with Crippen molar-refractivity contribution >= 4 is 17.2 Å². The zero-order valence-corrected chi connectivity index (χ0v) is 16.8. The van der Waals surface area contributed by atoms with Crippen LogP contribution in [-0.2, 0) is 6.18 Å². The molecule has 0 saturated heterocycles. The van der Waals surface area contributed by atoms with Crippen LogP contribution in [-0.4, -0.2) is 16.0 Å². The summed E-state index contributed by atoms with van der Waals surface area (Å²) in [6.45, 7) is 5.33. The van der Waals surface area contributed by atoms with Crippen molar-refractivity contribution in [1.29, 1.82) is 0 Å². The van der Waals surface area contributed by atoms with Gasteiger partial charge >= 0.3 is 6.18 Å². The van der Waals surface area contributed by atoms with Crippen LogP contribution in [0.5, 0.6) is 0 Å². The summed E-state index contributed by atoms with van der Waals surface area (Å²) in [4.78, 5) is 16.7. The van der Waals surface area contributed by atoms with Crippen LogP contribution in [0.25, 0.3) is 10.4 Å². The Morgan fingerprint density at radius 2 is 1.76 bits per heavy atom. The maximum absolute atomic E-state index is 13.0. The number of amides is 1. The highest BCUT2D eigenvalue weighted by Crippen LogP contribution is 2.37. The van der Waals surface area contributed by atoms with Crippen LogP contribution in [0.3, 0.4) is 0 Å². The van der Waals surface area contributed by atoms with E-state index < -0.39 is 23.8 Å². The number of nitrogens with two attached hydrogens (primary N) is 1. The summed E-state index contributed by atoms with van der Waals surface area (Å²) >= 11 is 1.20. The summed E-state index contributed by atoms with van der Waals surface area (Å²) in [6.07, 6.45) is -5.77. The average molecular weight is 420 g/mol. The van der Waals surface area contributed by atoms with Gasteiger partial charge in [-0.25, -0.2) is 4.98 Å². The molecule has 3 aromatic rings. The van der Waals surface area contributed by atoms with Crippen LogP contribution >= 0.6 is 11.3 Å². The summed E-state index contributed by atoms with van der Waals surface area (Å²) in [6, 6.07) is 8.21. The number of rotatable bonds is 4. The molecule has 2 aromatic carbocycles. The number of aliphatic hydroxyl groups is 1. The molecule has 152 valence electrons. The monoisotopic (exact) mass is 420 g/mol. The molecule has 0 bridgehead atoms. The van der Waals surface area contributed by atoms with Gasteiger partial charge in [-0.3, -0.25) is 4.79 Å². The summed E-state index contributed by atoms with van der Waals surface area (Å²) in [7, 11) is 0. The number of aromatic nitrogens is 1. The van der Waals surface area contributed by atoms with Gasteiger partial charge < -0.3 is 10.8 Å². The van der Waals surface area contributed by atoms with Gasteiger partial charge in [-0.1, -0.05) is 12.1 Å². The second-order valence-corrected chi connectivity index (χ2v) is 7.87. The SMILES string of the molecule is Cc1cc(-c2sc(C(O)c3cccc(C(F)(F)F)c3)nc2C)cc(C)c1C(N)=O.